The van der Waals surface area contributed by atoms with Crippen LogP contribution in [-0.4, -0.2) is 9.97 Å². The van der Waals surface area contributed by atoms with E-state index in [2.05, 4.69) is 9.97 Å². The third kappa shape index (κ3) is 2.25. The second-order valence-corrected chi connectivity index (χ2v) is 3.28. The Kier molecular flexibility index (Phi) is 2.68. The molecule has 4 nitrogen and oxygen atoms in total. The first-order valence-electron chi connectivity index (χ1n) is 4.67. The first-order valence-corrected chi connectivity index (χ1v) is 4.67. The van der Waals surface area contributed by atoms with Gasteiger partial charge in [-0.2, -0.15) is 4.98 Å². The molecule has 1 aromatic carbocycles. The second-order valence-electron chi connectivity index (χ2n) is 3.28. The van der Waals surface area contributed by atoms with Crippen molar-refractivity contribution in [1.29, 1.82) is 0 Å². The molecule has 0 bridgehead atoms. The number of ether oxygens (including phenoxy) is 1. The number of hydrogen-bond donors (Lipinski definition) is 1. The van der Waals surface area contributed by atoms with Crippen LogP contribution >= 0.6 is 0 Å². The molecular weight excluding hydrogens is 209 g/mol. The normalized spacial score (nSPS) is 10.1. The quantitative estimate of drug-likeness (QED) is 0.841. The van der Waals surface area contributed by atoms with Crippen molar-refractivity contribution in [2.75, 3.05) is 5.73 Å². The molecule has 5 heteroatoms. The SMILES string of the molecule is Cc1cnc(N)nc1Oc1cccc(F)c1. The summed E-state index contributed by atoms with van der Waals surface area (Å²) in [6.07, 6.45) is 1.55. The zero-order chi connectivity index (χ0) is 11.5. The maximum absolute atomic E-state index is 12.9. The fraction of sp³-hybridized carbons (Fsp3) is 0.0909. The molecule has 16 heavy (non-hydrogen) atoms. The number of rotatable bonds is 2. The molecule has 82 valence electrons. The molecule has 2 aromatic rings. The first-order chi connectivity index (χ1) is 7.65. The predicted molar refractivity (Wildman–Crippen MR) is 57.7 cm³/mol. The standard InChI is InChI=1S/C11H10FN3O/c1-7-6-14-11(13)15-10(7)16-9-4-2-3-8(12)5-9/h2-6H,1H3,(H2,13,14,15). The molecule has 0 fully saturated rings. The molecule has 0 aliphatic heterocycles. The molecule has 0 spiro atoms. The maximum atomic E-state index is 12.9. The van der Waals surface area contributed by atoms with Gasteiger partial charge in [0.1, 0.15) is 11.6 Å². The van der Waals surface area contributed by atoms with Crippen molar-refractivity contribution in [3.05, 3.63) is 41.8 Å². The van der Waals surface area contributed by atoms with Crippen LogP contribution in [0.5, 0.6) is 11.6 Å². The van der Waals surface area contributed by atoms with Gasteiger partial charge in [0.2, 0.25) is 11.8 Å². The lowest BCUT2D eigenvalue weighted by atomic mass is 10.3. The highest BCUT2D eigenvalue weighted by Gasteiger charge is 2.05. The zero-order valence-electron chi connectivity index (χ0n) is 8.64. The van der Waals surface area contributed by atoms with E-state index >= 15 is 0 Å². The Morgan fingerprint density at radius 2 is 2.19 bits per heavy atom. The largest absolute Gasteiger partial charge is 0.438 e. The van der Waals surface area contributed by atoms with Gasteiger partial charge >= 0.3 is 0 Å². The summed E-state index contributed by atoms with van der Waals surface area (Å²) < 4.78 is 18.3. The maximum Gasteiger partial charge on any atom is 0.226 e. The summed E-state index contributed by atoms with van der Waals surface area (Å²) in [4.78, 5) is 7.73. The lowest BCUT2D eigenvalue weighted by Crippen LogP contribution is -1.98. The van der Waals surface area contributed by atoms with E-state index in [4.69, 9.17) is 10.5 Å². The van der Waals surface area contributed by atoms with Crippen molar-refractivity contribution in [1.82, 2.24) is 9.97 Å². The summed E-state index contributed by atoms with van der Waals surface area (Å²) in [7, 11) is 0. The minimum atomic E-state index is -0.364. The van der Waals surface area contributed by atoms with Crippen LogP contribution in [-0.2, 0) is 0 Å². The van der Waals surface area contributed by atoms with E-state index in [-0.39, 0.29) is 11.8 Å². The van der Waals surface area contributed by atoms with Crippen LogP contribution in [0.4, 0.5) is 10.3 Å². The number of benzene rings is 1. The van der Waals surface area contributed by atoms with Gasteiger partial charge in [0.05, 0.1) is 0 Å². The van der Waals surface area contributed by atoms with E-state index in [0.717, 1.165) is 5.56 Å². The van der Waals surface area contributed by atoms with Gasteiger partial charge in [-0.1, -0.05) is 6.07 Å². The first kappa shape index (κ1) is 10.4. The summed E-state index contributed by atoms with van der Waals surface area (Å²) >= 11 is 0. The van der Waals surface area contributed by atoms with Gasteiger partial charge in [-0.15, -0.1) is 0 Å². The summed E-state index contributed by atoms with van der Waals surface area (Å²) in [6, 6.07) is 5.82. The number of halogens is 1. The molecule has 0 unspecified atom stereocenters. The van der Waals surface area contributed by atoms with Gasteiger partial charge in [0.25, 0.3) is 0 Å². The lowest BCUT2D eigenvalue weighted by Gasteiger charge is -2.07. The Balaban J connectivity index is 2.30. The number of nitrogens with zero attached hydrogens (tertiary/aromatic N) is 2. The van der Waals surface area contributed by atoms with E-state index in [9.17, 15) is 4.39 Å². The van der Waals surface area contributed by atoms with E-state index in [1.807, 2.05) is 0 Å². The lowest BCUT2D eigenvalue weighted by molar-refractivity contribution is 0.454. The van der Waals surface area contributed by atoms with Crippen molar-refractivity contribution in [3.8, 4) is 11.6 Å². The number of nitrogen functional groups attached to an aromatic ring is 1. The second kappa shape index (κ2) is 4.14. The third-order valence-electron chi connectivity index (χ3n) is 1.95. The minimum absolute atomic E-state index is 0.122. The molecule has 0 saturated carbocycles. The Bertz CT molecular complexity index is 516. The van der Waals surface area contributed by atoms with E-state index < -0.39 is 0 Å². The number of aromatic nitrogens is 2. The summed E-state index contributed by atoms with van der Waals surface area (Å²) in [5.41, 5.74) is 6.17. The average molecular weight is 219 g/mol. The Hall–Kier alpha value is -2.17. The summed E-state index contributed by atoms with van der Waals surface area (Å²) in [5, 5.41) is 0. The minimum Gasteiger partial charge on any atom is -0.438 e. The molecule has 2 rings (SSSR count). The molecule has 0 radical (unpaired) electrons. The van der Waals surface area contributed by atoms with Crippen LogP contribution in [0.1, 0.15) is 5.56 Å². The van der Waals surface area contributed by atoms with Crippen LogP contribution < -0.4 is 10.5 Å². The molecule has 1 heterocycles. The van der Waals surface area contributed by atoms with Gasteiger partial charge in [-0.25, -0.2) is 9.37 Å². The number of aryl methyl sites for hydroxylation is 1. The average Bonchev–Trinajstić information content (AvgIpc) is 2.24. The van der Waals surface area contributed by atoms with Crippen LogP contribution in [0, 0.1) is 12.7 Å². The number of nitrogens with two attached hydrogens (primary N) is 1. The Labute approximate surface area is 91.9 Å². The highest BCUT2D eigenvalue weighted by Crippen LogP contribution is 2.23. The van der Waals surface area contributed by atoms with Crippen LogP contribution in [0.25, 0.3) is 0 Å². The van der Waals surface area contributed by atoms with Gasteiger partial charge in [-0.3, -0.25) is 0 Å². The monoisotopic (exact) mass is 219 g/mol. The molecule has 0 amide bonds. The molecule has 0 aliphatic carbocycles. The molecule has 0 saturated heterocycles. The third-order valence-corrected chi connectivity index (χ3v) is 1.95. The number of anilines is 1. The topological polar surface area (TPSA) is 61.0 Å². The highest BCUT2D eigenvalue weighted by molar-refractivity contribution is 5.33. The summed E-state index contributed by atoms with van der Waals surface area (Å²) in [6.45, 7) is 1.79. The zero-order valence-corrected chi connectivity index (χ0v) is 8.64. The summed E-state index contributed by atoms with van der Waals surface area (Å²) in [5.74, 6) is 0.466. The molecule has 0 atom stereocenters. The van der Waals surface area contributed by atoms with Gasteiger partial charge in [-0.05, 0) is 19.1 Å². The van der Waals surface area contributed by atoms with E-state index in [0.29, 0.717) is 11.6 Å². The van der Waals surface area contributed by atoms with Crippen molar-refractivity contribution >= 4 is 5.95 Å². The van der Waals surface area contributed by atoms with Crippen molar-refractivity contribution in [2.45, 2.75) is 6.92 Å². The van der Waals surface area contributed by atoms with Crippen molar-refractivity contribution < 1.29 is 9.13 Å². The smallest absolute Gasteiger partial charge is 0.226 e. The van der Waals surface area contributed by atoms with Crippen molar-refractivity contribution in [3.63, 3.8) is 0 Å². The van der Waals surface area contributed by atoms with Gasteiger partial charge in [0.15, 0.2) is 0 Å². The number of hydrogen-bond acceptors (Lipinski definition) is 4. The fourth-order valence-corrected chi connectivity index (χ4v) is 1.18. The van der Waals surface area contributed by atoms with Crippen LogP contribution in [0.2, 0.25) is 0 Å². The molecule has 2 N–H and O–H groups in total. The predicted octanol–water partition coefficient (Wildman–Crippen LogP) is 2.30. The van der Waals surface area contributed by atoms with Crippen LogP contribution in [0.15, 0.2) is 30.5 Å². The fourth-order valence-electron chi connectivity index (χ4n) is 1.18. The Morgan fingerprint density at radius 3 is 2.94 bits per heavy atom. The van der Waals surface area contributed by atoms with E-state index in [1.165, 1.54) is 12.1 Å². The molecule has 0 aliphatic rings. The molecule has 1 aromatic heterocycles. The van der Waals surface area contributed by atoms with E-state index in [1.54, 1.807) is 25.3 Å². The Morgan fingerprint density at radius 1 is 1.38 bits per heavy atom. The van der Waals surface area contributed by atoms with Gasteiger partial charge in [0, 0.05) is 17.8 Å². The highest BCUT2D eigenvalue weighted by atomic mass is 19.1. The van der Waals surface area contributed by atoms with Crippen LogP contribution in [0.3, 0.4) is 0 Å². The van der Waals surface area contributed by atoms with Gasteiger partial charge < -0.3 is 10.5 Å². The molecular formula is C11H10FN3O. The van der Waals surface area contributed by atoms with Crippen molar-refractivity contribution in [2.24, 2.45) is 0 Å².